The van der Waals surface area contributed by atoms with Gasteiger partial charge in [0.2, 0.25) is 23.6 Å². The molecule has 0 saturated carbocycles. The van der Waals surface area contributed by atoms with Crippen LogP contribution in [0.1, 0.15) is 77.1 Å². The number of methoxy groups -OCH3 is 3. The van der Waals surface area contributed by atoms with E-state index in [4.69, 9.17) is 14.2 Å². The number of rotatable bonds is 20. The summed E-state index contributed by atoms with van der Waals surface area (Å²) in [6, 6.07) is 4.75. The molecule has 13 nitrogen and oxygen atoms in total. The fourth-order valence-electron chi connectivity index (χ4n) is 6.64. The maximum Gasteiger partial charge on any atom is 0.242 e. The van der Waals surface area contributed by atoms with Crippen molar-refractivity contribution < 1.29 is 38.2 Å². The molecule has 7 unspecified atom stereocenters. The number of nitrogens with one attached hydrogen (secondary N) is 3. The van der Waals surface area contributed by atoms with Gasteiger partial charge < -0.3 is 40.0 Å². The second kappa shape index (κ2) is 20.2. The number of benzene rings is 1. The molecule has 1 aliphatic heterocycles. The molecule has 0 aromatic heterocycles. The van der Waals surface area contributed by atoms with Crippen LogP contribution >= 0.6 is 0 Å². The number of ether oxygens (including phenoxy) is 3. The Labute approximate surface area is 292 Å². The second-order valence-corrected chi connectivity index (χ2v) is 13.2. The van der Waals surface area contributed by atoms with Gasteiger partial charge in [-0.1, -0.05) is 34.1 Å². The number of carbonyl (C=O) groups excluding carboxylic acids is 5. The van der Waals surface area contributed by atoms with Crippen molar-refractivity contribution in [3.05, 3.63) is 29.8 Å². The average Bonchev–Trinajstić information content (AvgIpc) is 3.58. The maximum atomic E-state index is 13.9. The van der Waals surface area contributed by atoms with Crippen molar-refractivity contribution >= 4 is 29.4 Å². The van der Waals surface area contributed by atoms with Gasteiger partial charge in [-0.3, -0.25) is 24.0 Å². The molecule has 1 saturated heterocycles. The highest BCUT2D eigenvalue weighted by Crippen LogP contribution is 2.28. The van der Waals surface area contributed by atoms with Gasteiger partial charge in [-0.05, 0) is 63.4 Å². The molecule has 0 bridgehead atoms. The first-order valence-corrected chi connectivity index (χ1v) is 17.3. The minimum Gasteiger partial charge on any atom is -0.497 e. The zero-order valence-electron chi connectivity index (χ0n) is 31.0. The SMILES string of the molecule is CCCC(C(CC(=O)N1CCCC1C(OC)C(C)C(=O)NC(C)C(=O)c1ccc(OC)cc1)OC)N(C)C(=O)CNC(=O)C(NC)C(C)C. The number of hydrogen-bond acceptors (Lipinski definition) is 9. The van der Waals surface area contributed by atoms with Crippen LogP contribution in [0.3, 0.4) is 0 Å². The summed E-state index contributed by atoms with van der Waals surface area (Å²) in [5.41, 5.74) is 0.455. The number of amides is 4. The number of carbonyl (C=O) groups is 5. The van der Waals surface area contributed by atoms with Crippen LogP contribution in [0, 0.1) is 11.8 Å². The van der Waals surface area contributed by atoms with Crippen molar-refractivity contribution in [2.24, 2.45) is 11.8 Å². The molecular weight excluding hydrogens is 630 g/mol. The Morgan fingerprint density at radius 3 is 2.16 bits per heavy atom. The van der Waals surface area contributed by atoms with E-state index in [0.29, 0.717) is 30.7 Å². The fraction of sp³-hybridized carbons (Fsp3) is 0.694. The van der Waals surface area contributed by atoms with E-state index in [1.165, 1.54) is 14.2 Å². The van der Waals surface area contributed by atoms with Gasteiger partial charge in [0.1, 0.15) is 5.75 Å². The van der Waals surface area contributed by atoms with Crippen LogP contribution in [0.5, 0.6) is 5.75 Å². The Balaban J connectivity index is 2.10. The predicted octanol–water partition coefficient (Wildman–Crippen LogP) is 2.42. The molecule has 4 amide bonds. The summed E-state index contributed by atoms with van der Waals surface area (Å²) < 4.78 is 16.8. The summed E-state index contributed by atoms with van der Waals surface area (Å²) in [6.45, 7) is 9.57. The van der Waals surface area contributed by atoms with E-state index in [-0.39, 0.29) is 54.3 Å². The van der Waals surface area contributed by atoms with Gasteiger partial charge in [0.15, 0.2) is 5.78 Å². The predicted molar refractivity (Wildman–Crippen MR) is 187 cm³/mol. The zero-order chi connectivity index (χ0) is 36.8. The standard InChI is InChI=1S/C36H59N5O8/c1-11-13-27(40(7)31(43)21-38-36(46)32(37-6)22(2)3)29(48-9)20-30(42)41-19-12-14-28(41)34(49-10)23(4)35(45)39-24(5)33(44)25-15-17-26(47-8)18-16-25/h15-18,22-24,27-29,32,34,37H,11-14,19-21H2,1-10H3,(H,38,46)(H,39,45). The van der Waals surface area contributed by atoms with E-state index in [9.17, 15) is 24.0 Å². The lowest BCUT2D eigenvalue weighted by molar-refractivity contribution is -0.144. The lowest BCUT2D eigenvalue weighted by atomic mass is 9.93. The molecule has 276 valence electrons. The van der Waals surface area contributed by atoms with Gasteiger partial charge in [-0.2, -0.15) is 0 Å². The van der Waals surface area contributed by atoms with E-state index in [1.807, 2.05) is 20.8 Å². The number of nitrogens with zero attached hydrogens (tertiary/aromatic N) is 2. The lowest BCUT2D eigenvalue weighted by Crippen LogP contribution is -2.54. The van der Waals surface area contributed by atoms with Crippen molar-refractivity contribution in [2.75, 3.05) is 48.5 Å². The third kappa shape index (κ3) is 11.2. The minimum atomic E-state index is -0.770. The minimum absolute atomic E-state index is 0.0290. The normalized spacial score (nSPS) is 18.2. The summed E-state index contributed by atoms with van der Waals surface area (Å²) in [6.07, 6.45) is 1.58. The van der Waals surface area contributed by atoms with Crippen LogP contribution in [0.15, 0.2) is 24.3 Å². The number of likely N-dealkylation sites (tertiary alicyclic amines) is 1. The first kappa shape index (κ1) is 41.6. The summed E-state index contributed by atoms with van der Waals surface area (Å²) in [5.74, 6) is -1.24. The quantitative estimate of drug-likeness (QED) is 0.175. The monoisotopic (exact) mass is 689 g/mol. The third-order valence-corrected chi connectivity index (χ3v) is 9.56. The molecule has 0 radical (unpaired) electrons. The topological polar surface area (TPSA) is 156 Å². The van der Waals surface area contributed by atoms with Crippen LogP contribution in [0.2, 0.25) is 0 Å². The van der Waals surface area contributed by atoms with Gasteiger partial charge in [-0.15, -0.1) is 0 Å². The Morgan fingerprint density at radius 1 is 0.980 bits per heavy atom. The van der Waals surface area contributed by atoms with Crippen molar-refractivity contribution in [3.63, 3.8) is 0 Å². The van der Waals surface area contributed by atoms with Crippen molar-refractivity contribution in [3.8, 4) is 5.75 Å². The van der Waals surface area contributed by atoms with Crippen molar-refractivity contribution in [2.45, 2.75) is 103 Å². The Bertz CT molecular complexity index is 1240. The van der Waals surface area contributed by atoms with Crippen molar-refractivity contribution in [1.82, 2.24) is 25.8 Å². The van der Waals surface area contributed by atoms with Gasteiger partial charge in [0.25, 0.3) is 0 Å². The summed E-state index contributed by atoms with van der Waals surface area (Å²) in [5, 5.41) is 8.53. The van der Waals surface area contributed by atoms with Crippen LogP contribution in [-0.4, -0.2) is 124 Å². The van der Waals surface area contributed by atoms with E-state index in [0.717, 1.165) is 12.8 Å². The first-order chi connectivity index (χ1) is 23.2. The Morgan fingerprint density at radius 2 is 1.63 bits per heavy atom. The van der Waals surface area contributed by atoms with E-state index >= 15 is 0 Å². The average molecular weight is 690 g/mol. The molecule has 0 spiro atoms. The lowest BCUT2D eigenvalue weighted by Gasteiger charge is -2.37. The highest BCUT2D eigenvalue weighted by molar-refractivity contribution is 6.02. The van der Waals surface area contributed by atoms with Crippen LogP contribution in [-0.2, 0) is 28.7 Å². The van der Waals surface area contributed by atoms with Crippen molar-refractivity contribution in [1.29, 1.82) is 0 Å². The second-order valence-electron chi connectivity index (χ2n) is 13.2. The molecular formula is C36H59N5O8. The summed E-state index contributed by atoms with van der Waals surface area (Å²) >= 11 is 0. The van der Waals surface area contributed by atoms with Gasteiger partial charge in [-0.25, -0.2) is 0 Å². The molecule has 0 aliphatic carbocycles. The zero-order valence-corrected chi connectivity index (χ0v) is 31.0. The molecule has 3 N–H and O–H groups in total. The van der Waals surface area contributed by atoms with E-state index in [2.05, 4.69) is 16.0 Å². The largest absolute Gasteiger partial charge is 0.497 e. The molecule has 1 aliphatic rings. The highest BCUT2D eigenvalue weighted by atomic mass is 16.5. The molecule has 49 heavy (non-hydrogen) atoms. The summed E-state index contributed by atoms with van der Waals surface area (Å²) in [4.78, 5) is 69.4. The molecule has 1 aromatic carbocycles. The molecule has 1 fully saturated rings. The van der Waals surface area contributed by atoms with E-state index in [1.54, 1.807) is 69.1 Å². The molecule has 1 aromatic rings. The highest BCUT2D eigenvalue weighted by Gasteiger charge is 2.41. The van der Waals surface area contributed by atoms with Crippen LogP contribution in [0.4, 0.5) is 0 Å². The Hall–Kier alpha value is -3.55. The third-order valence-electron chi connectivity index (χ3n) is 9.56. The van der Waals surface area contributed by atoms with Gasteiger partial charge >= 0.3 is 0 Å². The number of likely N-dealkylation sites (N-methyl/N-ethyl adjacent to an activating group) is 2. The Kier molecular flexibility index (Phi) is 17.2. The van der Waals surface area contributed by atoms with Gasteiger partial charge in [0.05, 0.1) is 62.4 Å². The first-order valence-electron chi connectivity index (χ1n) is 17.3. The number of hydrogen-bond donors (Lipinski definition) is 3. The van der Waals surface area contributed by atoms with Gasteiger partial charge in [0, 0.05) is 33.4 Å². The molecule has 13 heteroatoms. The van der Waals surface area contributed by atoms with Crippen LogP contribution < -0.4 is 20.7 Å². The number of Topliss-reactive ketones (excluding diaryl/α,β-unsaturated/α-hetero) is 1. The molecule has 7 atom stereocenters. The summed E-state index contributed by atoms with van der Waals surface area (Å²) in [7, 11) is 7.98. The molecule has 1 heterocycles. The maximum absolute atomic E-state index is 13.9. The smallest absolute Gasteiger partial charge is 0.242 e. The van der Waals surface area contributed by atoms with E-state index < -0.39 is 36.3 Å². The fourth-order valence-corrected chi connectivity index (χ4v) is 6.64. The molecule has 2 rings (SSSR count). The number of ketones is 1. The van der Waals surface area contributed by atoms with Crippen LogP contribution in [0.25, 0.3) is 0 Å².